The van der Waals surface area contributed by atoms with Crippen LogP contribution >= 0.6 is 8.25 Å². The van der Waals surface area contributed by atoms with Crippen LogP contribution in [0.1, 0.15) is 30.4 Å². The first-order valence-electron chi connectivity index (χ1n) is 9.37. The first-order chi connectivity index (χ1) is 13.3. The molecule has 1 aliphatic carbocycles. The third-order valence-electron chi connectivity index (χ3n) is 4.60. The molecule has 1 heterocycles. The number of para-hydroxylation sites is 1. The number of allylic oxidation sites excluding steroid dienone is 4. The second-order valence-electron chi connectivity index (χ2n) is 6.43. The molecule has 0 fully saturated rings. The standard InChI is InChI=1S/C21H26N2O3P/c1-25-27(24)26-15-7-13-22-14-12-18-16-23-20-11-6-5-10-19(20)21(18)17-8-3-2-4-9-17/h2-3,5-6,8,10-11,16,22H,4,7,9,12-15H2,1H3/q+1. The molecule has 0 radical (unpaired) electrons. The van der Waals surface area contributed by atoms with Crippen LogP contribution in [0, 0.1) is 0 Å². The largest absolute Gasteiger partial charge is 0.697 e. The molecule has 1 aromatic carbocycles. The van der Waals surface area contributed by atoms with E-state index >= 15 is 0 Å². The Hall–Kier alpha value is -1.91. The maximum Gasteiger partial charge on any atom is 0.697 e. The minimum Gasteiger partial charge on any atom is -0.316 e. The molecule has 142 valence electrons. The van der Waals surface area contributed by atoms with Gasteiger partial charge in [0.15, 0.2) is 0 Å². The van der Waals surface area contributed by atoms with E-state index in [4.69, 9.17) is 4.52 Å². The van der Waals surface area contributed by atoms with E-state index in [2.05, 4.69) is 51.3 Å². The molecule has 1 aliphatic rings. The number of hydrogen-bond donors (Lipinski definition) is 1. The Kier molecular flexibility index (Phi) is 7.66. The highest BCUT2D eigenvalue weighted by atomic mass is 31.1. The van der Waals surface area contributed by atoms with Gasteiger partial charge in [0.05, 0.1) is 12.6 Å². The topological polar surface area (TPSA) is 60.5 Å². The van der Waals surface area contributed by atoms with Crippen LogP contribution in [0.2, 0.25) is 0 Å². The predicted octanol–water partition coefficient (Wildman–Crippen LogP) is 4.81. The normalized spacial score (nSPS) is 14.4. The summed E-state index contributed by atoms with van der Waals surface area (Å²) in [4.78, 5) is 4.65. The summed E-state index contributed by atoms with van der Waals surface area (Å²) in [6.07, 6.45) is 12.5. The Morgan fingerprint density at radius 3 is 2.96 bits per heavy atom. The summed E-state index contributed by atoms with van der Waals surface area (Å²) in [6.45, 7) is 2.11. The fraction of sp³-hybridized carbons (Fsp3) is 0.381. The molecule has 1 unspecified atom stereocenters. The molecule has 5 nitrogen and oxygen atoms in total. The molecule has 0 bridgehead atoms. The zero-order chi connectivity index (χ0) is 18.9. The smallest absolute Gasteiger partial charge is 0.316 e. The highest BCUT2D eigenvalue weighted by Gasteiger charge is 2.16. The van der Waals surface area contributed by atoms with Gasteiger partial charge in [-0.3, -0.25) is 4.98 Å². The Morgan fingerprint density at radius 1 is 1.26 bits per heavy atom. The molecular formula is C21H26N2O3P+. The van der Waals surface area contributed by atoms with Crippen LogP contribution in [0.4, 0.5) is 0 Å². The van der Waals surface area contributed by atoms with Gasteiger partial charge in [0, 0.05) is 16.1 Å². The van der Waals surface area contributed by atoms with Gasteiger partial charge in [-0.25, -0.2) is 0 Å². The Bertz CT molecular complexity index is 848. The number of fused-ring (bicyclic) bond motifs is 1. The van der Waals surface area contributed by atoms with Gasteiger partial charge in [-0.05, 0) is 61.5 Å². The third kappa shape index (κ3) is 5.53. The van der Waals surface area contributed by atoms with Crippen molar-refractivity contribution in [2.24, 2.45) is 0 Å². The molecule has 0 aliphatic heterocycles. The van der Waals surface area contributed by atoms with Gasteiger partial charge in [0.1, 0.15) is 6.61 Å². The molecule has 6 heteroatoms. The highest BCUT2D eigenvalue weighted by molar-refractivity contribution is 7.33. The van der Waals surface area contributed by atoms with E-state index < -0.39 is 8.25 Å². The van der Waals surface area contributed by atoms with Crippen molar-refractivity contribution in [3.05, 3.63) is 59.8 Å². The Balaban J connectivity index is 1.63. The van der Waals surface area contributed by atoms with Gasteiger partial charge < -0.3 is 5.32 Å². The lowest BCUT2D eigenvalue weighted by atomic mass is 9.90. The molecule has 2 aromatic rings. The van der Waals surface area contributed by atoms with E-state index in [0.717, 1.165) is 44.3 Å². The SMILES string of the molecule is CO[P+](=O)OCCCNCCc1cnc2ccccc2c1C1=CC=CCC1. The third-order valence-corrected chi connectivity index (χ3v) is 5.30. The van der Waals surface area contributed by atoms with Crippen LogP contribution in [-0.2, 0) is 20.0 Å². The number of benzene rings is 1. The second-order valence-corrected chi connectivity index (χ2v) is 7.50. The number of nitrogens with one attached hydrogen (secondary N) is 1. The average molecular weight is 385 g/mol. The van der Waals surface area contributed by atoms with Crippen molar-refractivity contribution in [2.75, 3.05) is 26.8 Å². The molecule has 0 saturated carbocycles. The summed E-state index contributed by atoms with van der Waals surface area (Å²) in [5, 5.41) is 4.66. The molecule has 27 heavy (non-hydrogen) atoms. The summed E-state index contributed by atoms with van der Waals surface area (Å²) in [7, 11) is -0.587. The zero-order valence-corrected chi connectivity index (χ0v) is 16.6. The van der Waals surface area contributed by atoms with Crippen LogP contribution in [0.3, 0.4) is 0 Å². The van der Waals surface area contributed by atoms with Gasteiger partial charge >= 0.3 is 8.25 Å². The van der Waals surface area contributed by atoms with Crippen molar-refractivity contribution in [2.45, 2.75) is 25.7 Å². The van der Waals surface area contributed by atoms with E-state index in [1.807, 2.05) is 12.3 Å². The number of nitrogens with zero attached hydrogens (tertiary/aromatic N) is 1. The second kappa shape index (κ2) is 10.4. The fourth-order valence-corrected chi connectivity index (χ4v) is 3.68. The fourth-order valence-electron chi connectivity index (χ4n) is 3.30. The quantitative estimate of drug-likeness (QED) is 0.470. The minimum absolute atomic E-state index is 0.429. The van der Waals surface area contributed by atoms with Crippen molar-refractivity contribution in [1.29, 1.82) is 0 Å². The maximum absolute atomic E-state index is 11.0. The highest BCUT2D eigenvalue weighted by Crippen LogP contribution is 2.32. The lowest BCUT2D eigenvalue weighted by Gasteiger charge is -2.17. The van der Waals surface area contributed by atoms with E-state index in [1.54, 1.807) is 0 Å². The van der Waals surface area contributed by atoms with Crippen molar-refractivity contribution in [3.8, 4) is 0 Å². The van der Waals surface area contributed by atoms with Crippen LogP contribution in [0.25, 0.3) is 16.5 Å². The van der Waals surface area contributed by atoms with Crippen LogP contribution < -0.4 is 5.32 Å². The average Bonchev–Trinajstić information content (AvgIpc) is 2.73. The van der Waals surface area contributed by atoms with E-state index in [9.17, 15) is 4.57 Å². The summed E-state index contributed by atoms with van der Waals surface area (Å²) < 4.78 is 20.7. The van der Waals surface area contributed by atoms with Crippen LogP contribution in [0.15, 0.2) is 48.7 Å². The number of pyridine rings is 1. The van der Waals surface area contributed by atoms with E-state index in [0.29, 0.717) is 6.61 Å². The molecule has 1 N–H and O–H groups in total. The molecule has 0 amide bonds. The molecule has 1 atom stereocenters. The monoisotopic (exact) mass is 385 g/mol. The van der Waals surface area contributed by atoms with Gasteiger partial charge in [0.2, 0.25) is 0 Å². The molecular weight excluding hydrogens is 359 g/mol. The maximum atomic E-state index is 11.0. The minimum atomic E-state index is -1.97. The summed E-state index contributed by atoms with van der Waals surface area (Å²) in [5.41, 5.74) is 5.06. The lowest BCUT2D eigenvalue weighted by Crippen LogP contribution is -2.20. The molecule has 3 rings (SSSR count). The molecule has 0 spiro atoms. The van der Waals surface area contributed by atoms with Crippen molar-refractivity contribution < 1.29 is 13.6 Å². The lowest BCUT2D eigenvalue weighted by molar-refractivity contribution is 0.252. The van der Waals surface area contributed by atoms with Crippen molar-refractivity contribution in [3.63, 3.8) is 0 Å². The summed E-state index contributed by atoms with van der Waals surface area (Å²) in [6, 6.07) is 8.36. The van der Waals surface area contributed by atoms with Gasteiger partial charge in [-0.15, -0.1) is 9.05 Å². The number of aromatic nitrogens is 1. The first kappa shape index (κ1) is 19.8. The van der Waals surface area contributed by atoms with Gasteiger partial charge in [-0.2, -0.15) is 0 Å². The van der Waals surface area contributed by atoms with Crippen LogP contribution in [0.5, 0.6) is 0 Å². The van der Waals surface area contributed by atoms with E-state index in [-0.39, 0.29) is 0 Å². The zero-order valence-electron chi connectivity index (χ0n) is 15.7. The number of hydrogen-bond acceptors (Lipinski definition) is 5. The van der Waals surface area contributed by atoms with Crippen molar-refractivity contribution in [1.82, 2.24) is 10.3 Å². The molecule has 0 saturated heterocycles. The van der Waals surface area contributed by atoms with Crippen molar-refractivity contribution >= 4 is 24.7 Å². The van der Waals surface area contributed by atoms with Gasteiger partial charge in [-0.1, -0.05) is 36.4 Å². The summed E-state index contributed by atoms with van der Waals surface area (Å²) in [5.74, 6) is 0. The Morgan fingerprint density at radius 2 is 2.15 bits per heavy atom. The van der Waals surface area contributed by atoms with Crippen LogP contribution in [-0.4, -0.2) is 31.8 Å². The number of rotatable bonds is 10. The first-order valence-corrected chi connectivity index (χ1v) is 10.5. The summed E-state index contributed by atoms with van der Waals surface area (Å²) >= 11 is 0. The van der Waals surface area contributed by atoms with E-state index in [1.165, 1.54) is 29.2 Å². The Labute approximate surface area is 161 Å². The predicted molar refractivity (Wildman–Crippen MR) is 110 cm³/mol. The van der Waals surface area contributed by atoms with Gasteiger partial charge in [0.25, 0.3) is 0 Å². The molecule has 1 aromatic heterocycles.